The Morgan fingerprint density at radius 3 is 1.95 bits per heavy atom. The van der Waals surface area contributed by atoms with Crippen molar-refractivity contribution in [3.63, 3.8) is 0 Å². The fourth-order valence-electron chi connectivity index (χ4n) is 1.95. The molecular formula is C17H21NO3. The summed E-state index contributed by atoms with van der Waals surface area (Å²) in [4.78, 5) is 10.3. The Morgan fingerprint density at radius 2 is 1.57 bits per heavy atom. The largest absolute Gasteiger partial charge is 0.507 e. The zero-order valence-corrected chi connectivity index (χ0v) is 12.5. The third kappa shape index (κ3) is 4.93. The van der Waals surface area contributed by atoms with Crippen LogP contribution in [-0.4, -0.2) is 16.2 Å². The van der Waals surface area contributed by atoms with E-state index < -0.39 is 5.97 Å². The van der Waals surface area contributed by atoms with Gasteiger partial charge in [-0.2, -0.15) is 0 Å². The number of aromatic hydroxyl groups is 1. The van der Waals surface area contributed by atoms with Gasteiger partial charge in [0.2, 0.25) is 0 Å². The van der Waals surface area contributed by atoms with E-state index in [1.165, 1.54) is 23.3 Å². The van der Waals surface area contributed by atoms with E-state index >= 15 is 0 Å². The summed E-state index contributed by atoms with van der Waals surface area (Å²) in [6.07, 6.45) is 0. The Labute approximate surface area is 124 Å². The van der Waals surface area contributed by atoms with Crippen LogP contribution in [0.15, 0.2) is 48.5 Å². The van der Waals surface area contributed by atoms with E-state index in [1.54, 1.807) is 12.1 Å². The second kappa shape index (κ2) is 6.90. The lowest BCUT2D eigenvalue weighted by Crippen LogP contribution is -2.29. The monoisotopic (exact) mass is 287 g/mol. The number of nitrogens with two attached hydrogens (primary N) is 1. The predicted molar refractivity (Wildman–Crippen MR) is 83.5 cm³/mol. The highest BCUT2D eigenvalue weighted by atomic mass is 16.4. The second-order valence-corrected chi connectivity index (χ2v) is 5.36. The Hall–Kier alpha value is -2.33. The molecule has 2 aromatic rings. The number of aromatic carboxylic acids is 1. The zero-order valence-electron chi connectivity index (χ0n) is 12.5. The number of carboxylic acids is 1. The molecule has 0 aliphatic carbocycles. The summed E-state index contributed by atoms with van der Waals surface area (Å²) in [7, 11) is 0. The molecule has 4 N–H and O–H groups in total. The minimum absolute atomic E-state index is 0.0671. The van der Waals surface area contributed by atoms with Crippen LogP contribution in [0.25, 0.3) is 0 Å². The molecule has 0 unspecified atom stereocenters. The quantitative estimate of drug-likeness (QED) is 0.791. The summed E-state index contributed by atoms with van der Waals surface area (Å²) in [5.41, 5.74) is 8.16. The van der Waals surface area contributed by atoms with Gasteiger partial charge in [0.05, 0.1) is 0 Å². The van der Waals surface area contributed by atoms with Crippen LogP contribution in [0.1, 0.15) is 35.3 Å². The van der Waals surface area contributed by atoms with E-state index in [4.69, 9.17) is 15.9 Å². The van der Waals surface area contributed by atoms with E-state index in [0.29, 0.717) is 0 Å². The fraction of sp³-hybridized carbons (Fsp3) is 0.235. The van der Waals surface area contributed by atoms with E-state index in [1.807, 2.05) is 26.0 Å². The minimum atomic E-state index is -1.11. The van der Waals surface area contributed by atoms with Crippen molar-refractivity contribution >= 4 is 5.97 Å². The van der Waals surface area contributed by atoms with Crippen LogP contribution in [-0.2, 0) is 5.54 Å². The van der Waals surface area contributed by atoms with Gasteiger partial charge < -0.3 is 15.9 Å². The average molecular weight is 287 g/mol. The lowest BCUT2D eigenvalue weighted by atomic mass is 9.92. The van der Waals surface area contributed by atoms with Gasteiger partial charge in [0, 0.05) is 5.54 Å². The van der Waals surface area contributed by atoms with Crippen molar-refractivity contribution in [2.75, 3.05) is 0 Å². The van der Waals surface area contributed by atoms with E-state index in [9.17, 15) is 4.79 Å². The Kier molecular flexibility index (Phi) is 5.50. The van der Waals surface area contributed by atoms with Gasteiger partial charge in [0.1, 0.15) is 11.3 Å². The maximum absolute atomic E-state index is 10.3. The predicted octanol–water partition coefficient (Wildman–Crippen LogP) is 3.28. The summed E-state index contributed by atoms with van der Waals surface area (Å²) in [5.74, 6) is -1.31. The van der Waals surface area contributed by atoms with Crippen molar-refractivity contribution < 1.29 is 15.0 Å². The molecule has 0 heterocycles. The molecule has 4 nitrogen and oxygen atoms in total. The molecule has 0 saturated carbocycles. The number of aryl methyl sites for hydroxylation is 1. The van der Waals surface area contributed by atoms with Crippen molar-refractivity contribution in [1.82, 2.24) is 0 Å². The molecule has 21 heavy (non-hydrogen) atoms. The number of carboxylic acid groups (broad SMARTS) is 1. The first-order valence-electron chi connectivity index (χ1n) is 6.59. The van der Waals surface area contributed by atoms with Gasteiger partial charge in [0.15, 0.2) is 0 Å². The van der Waals surface area contributed by atoms with Crippen LogP contribution in [0.2, 0.25) is 0 Å². The molecule has 0 bridgehead atoms. The standard InChI is InChI=1S/C10H15N.C7H6O3/c1-8-6-4-5-7-9(8)10(2,3)11;8-6-4-2-1-3-5(6)7(9)10/h4-7H,11H2,1-3H3;1-4,8H,(H,9,10). The molecule has 0 aromatic heterocycles. The van der Waals surface area contributed by atoms with E-state index in [2.05, 4.69) is 19.1 Å². The number of para-hydroxylation sites is 1. The number of hydrogen-bond donors (Lipinski definition) is 3. The summed E-state index contributed by atoms with van der Waals surface area (Å²) in [5, 5.41) is 17.3. The Morgan fingerprint density at radius 1 is 1.05 bits per heavy atom. The third-order valence-electron chi connectivity index (χ3n) is 2.97. The van der Waals surface area contributed by atoms with Gasteiger partial charge >= 0.3 is 5.97 Å². The lowest BCUT2D eigenvalue weighted by molar-refractivity contribution is 0.0693. The van der Waals surface area contributed by atoms with Gasteiger partial charge in [-0.15, -0.1) is 0 Å². The highest BCUT2D eigenvalue weighted by molar-refractivity contribution is 5.90. The fourth-order valence-corrected chi connectivity index (χ4v) is 1.95. The number of carbonyl (C=O) groups is 1. The molecule has 0 spiro atoms. The minimum Gasteiger partial charge on any atom is -0.507 e. The van der Waals surface area contributed by atoms with Gasteiger partial charge in [-0.05, 0) is 44.0 Å². The topological polar surface area (TPSA) is 83.6 Å². The highest BCUT2D eigenvalue weighted by Crippen LogP contribution is 2.19. The summed E-state index contributed by atoms with van der Waals surface area (Å²) in [6.45, 7) is 6.13. The normalized spacial score (nSPS) is 10.5. The number of hydrogen-bond acceptors (Lipinski definition) is 3. The Balaban J connectivity index is 0.000000211. The van der Waals surface area contributed by atoms with Gasteiger partial charge in [0.25, 0.3) is 0 Å². The van der Waals surface area contributed by atoms with E-state index in [-0.39, 0.29) is 16.9 Å². The molecule has 0 aliphatic heterocycles. The number of benzene rings is 2. The molecule has 112 valence electrons. The van der Waals surface area contributed by atoms with Crippen LogP contribution >= 0.6 is 0 Å². The average Bonchev–Trinajstić information content (AvgIpc) is 2.39. The number of phenols is 1. The zero-order chi connectivity index (χ0) is 16.0. The van der Waals surface area contributed by atoms with Crippen LogP contribution in [0, 0.1) is 6.92 Å². The maximum Gasteiger partial charge on any atom is 0.339 e. The molecule has 0 amide bonds. The van der Waals surface area contributed by atoms with Crippen molar-refractivity contribution in [2.45, 2.75) is 26.3 Å². The summed E-state index contributed by atoms with van der Waals surface area (Å²) in [6, 6.07) is 14.0. The van der Waals surface area contributed by atoms with Gasteiger partial charge in [-0.3, -0.25) is 0 Å². The first-order chi connectivity index (χ1) is 9.73. The molecule has 0 atom stereocenters. The highest BCUT2D eigenvalue weighted by Gasteiger charge is 2.14. The van der Waals surface area contributed by atoms with Crippen LogP contribution in [0.3, 0.4) is 0 Å². The van der Waals surface area contributed by atoms with Crippen molar-refractivity contribution in [1.29, 1.82) is 0 Å². The van der Waals surface area contributed by atoms with Crippen LogP contribution < -0.4 is 5.73 Å². The molecule has 0 fully saturated rings. The van der Waals surface area contributed by atoms with Crippen molar-refractivity contribution in [2.24, 2.45) is 5.73 Å². The summed E-state index contributed by atoms with van der Waals surface area (Å²) >= 11 is 0. The molecule has 0 saturated heterocycles. The second-order valence-electron chi connectivity index (χ2n) is 5.36. The SMILES string of the molecule is Cc1ccccc1C(C)(C)N.O=C(O)c1ccccc1O. The van der Waals surface area contributed by atoms with Crippen molar-refractivity contribution in [3.8, 4) is 5.75 Å². The molecule has 2 rings (SSSR count). The molecule has 2 aromatic carbocycles. The number of rotatable bonds is 2. The molecule has 0 radical (unpaired) electrons. The van der Waals surface area contributed by atoms with Gasteiger partial charge in [-0.1, -0.05) is 36.4 Å². The smallest absolute Gasteiger partial charge is 0.339 e. The first-order valence-corrected chi connectivity index (χ1v) is 6.59. The summed E-state index contributed by atoms with van der Waals surface area (Å²) < 4.78 is 0. The van der Waals surface area contributed by atoms with Crippen LogP contribution in [0.5, 0.6) is 5.75 Å². The van der Waals surface area contributed by atoms with Gasteiger partial charge in [-0.25, -0.2) is 4.79 Å². The third-order valence-corrected chi connectivity index (χ3v) is 2.97. The van der Waals surface area contributed by atoms with Crippen LogP contribution in [0.4, 0.5) is 0 Å². The van der Waals surface area contributed by atoms with E-state index in [0.717, 1.165) is 0 Å². The lowest BCUT2D eigenvalue weighted by Gasteiger charge is -2.21. The maximum atomic E-state index is 10.3. The first kappa shape index (κ1) is 16.7. The molecule has 4 heteroatoms. The molecule has 0 aliphatic rings. The van der Waals surface area contributed by atoms with Crippen molar-refractivity contribution in [3.05, 3.63) is 65.2 Å². The Bertz CT molecular complexity index is 615. The molecular weight excluding hydrogens is 266 g/mol.